The summed E-state index contributed by atoms with van der Waals surface area (Å²) in [5, 5.41) is 11.8. The zero-order valence-corrected chi connectivity index (χ0v) is 70.4. The Bertz CT molecular complexity index is 7330. The Hall–Kier alpha value is -16.4. The van der Waals surface area contributed by atoms with Gasteiger partial charge in [-0.15, -0.1) is 0 Å². The number of hydrogen-bond donors (Lipinski definition) is 0. The van der Waals surface area contributed by atoms with Gasteiger partial charge in [0.1, 0.15) is 75.3 Å². The van der Waals surface area contributed by atoms with Crippen LogP contribution in [0.5, 0.6) is 69.0 Å². The number of anilines is 2. The van der Waals surface area contributed by atoms with E-state index >= 15 is 19.2 Å². The van der Waals surface area contributed by atoms with Crippen LogP contribution in [0.3, 0.4) is 0 Å². The largest absolute Gasteiger partial charge is 0.457 e. The van der Waals surface area contributed by atoms with Gasteiger partial charge in [0.15, 0.2) is 0 Å². The first kappa shape index (κ1) is 77.0. The molecule has 0 N–H and O–H groups in total. The molecule has 0 saturated carbocycles. The third-order valence-corrected chi connectivity index (χ3v) is 24.2. The number of fused-ring (bicyclic) bond motifs is 4. The molecule has 0 radical (unpaired) electrons. The molecular weight excluding hydrogens is 1560 g/mol. The minimum atomic E-state index is -0.535. The average molecular weight is 1640 g/mol. The highest BCUT2D eigenvalue weighted by Gasteiger charge is 2.42. The summed E-state index contributed by atoms with van der Waals surface area (Å²) in [6.45, 7) is 19.5. The summed E-state index contributed by atoms with van der Waals surface area (Å²) in [4.78, 5) is 79.1. The molecular formula is C113H76N2O11. The Morgan fingerprint density at radius 2 is 0.468 bits per heavy atom. The van der Waals surface area contributed by atoms with E-state index in [-0.39, 0.29) is 22.3 Å². The molecule has 19 aromatic rings. The molecule has 0 aliphatic carbocycles. The third-order valence-electron chi connectivity index (χ3n) is 24.2. The number of amides is 4. The van der Waals surface area contributed by atoms with Crippen LogP contribution in [0.15, 0.2) is 273 Å². The quantitative estimate of drug-likeness (QED) is 0.0318. The van der Waals surface area contributed by atoms with E-state index < -0.39 is 23.6 Å². The number of carbonyl (C=O) groups is 5. The lowest BCUT2D eigenvalue weighted by molar-refractivity contribution is 0.0877. The van der Waals surface area contributed by atoms with Crippen LogP contribution >= 0.6 is 0 Å². The van der Waals surface area contributed by atoms with Crippen LogP contribution < -0.4 is 38.2 Å². The van der Waals surface area contributed by atoms with E-state index in [2.05, 4.69) is 35.8 Å². The minimum Gasteiger partial charge on any atom is -0.457 e. The molecule has 0 unspecified atom stereocenters. The standard InChI is InChI=1S/C113H76N2O11/c1-61-17-33-76(34-18-61)121-92-47-45-86-98-82(92)13-11-15-84(98)102-94(123-78-37-21-63(3)22-38-78)56-88-100-90(58-96(104(86)106(100)102)125-80-41-25-65(5)26-42-80)112(119)114(110(88)117)108-67(7)49-71(50-68(108)8)29-31-73-53-74(55-75(54-73)60-116)32-30-72-51-69(9)109(70(10)52-72)115-111(118)89-57-95(124-79-39-23-64(4)24-40-79)103-85-16-12-14-83-93(122-77-35-19-62(2)20-36-77)48-46-87(99(83)85)105-97(126-81-43-27-66(6)28-44-81)59-91(113(115)120)101(89)107(103)105/h11-28,33-60H,1-10H3. The summed E-state index contributed by atoms with van der Waals surface area (Å²) in [5.74, 6) is 17.6. The highest BCUT2D eigenvalue weighted by molar-refractivity contribution is 6.46. The Labute approximate surface area is 725 Å². The van der Waals surface area contributed by atoms with Crippen LogP contribution in [0.2, 0.25) is 0 Å². The van der Waals surface area contributed by atoms with Gasteiger partial charge in [-0.3, -0.25) is 24.0 Å². The van der Waals surface area contributed by atoms with Crippen molar-refractivity contribution in [1.29, 1.82) is 0 Å². The number of imide groups is 2. The van der Waals surface area contributed by atoms with Gasteiger partial charge in [0, 0.05) is 92.5 Å². The molecule has 126 heavy (non-hydrogen) atoms. The summed E-state index contributed by atoms with van der Waals surface area (Å²) in [5.41, 5.74) is 13.2. The fourth-order valence-electron chi connectivity index (χ4n) is 18.4. The van der Waals surface area contributed by atoms with Gasteiger partial charge in [-0.2, -0.15) is 0 Å². The average Bonchev–Trinajstić information content (AvgIpc) is 0.687. The Morgan fingerprint density at radius 1 is 0.230 bits per heavy atom. The van der Waals surface area contributed by atoms with Crippen molar-refractivity contribution in [3.05, 3.63) is 379 Å². The number of nitrogens with zero attached hydrogens (tertiary/aromatic N) is 2. The van der Waals surface area contributed by atoms with Crippen molar-refractivity contribution in [1.82, 2.24) is 0 Å². The summed E-state index contributed by atoms with van der Waals surface area (Å²) >= 11 is 0. The molecule has 2 aliphatic rings. The zero-order chi connectivity index (χ0) is 86.4. The van der Waals surface area contributed by atoms with E-state index in [0.717, 1.165) is 82.8 Å². The first-order chi connectivity index (χ1) is 61.1. The molecule has 0 fully saturated rings. The van der Waals surface area contributed by atoms with E-state index in [4.69, 9.17) is 28.4 Å². The summed E-state index contributed by atoms with van der Waals surface area (Å²) in [7, 11) is 0. The highest BCUT2D eigenvalue weighted by atomic mass is 16.5. The van der Waals surface area contributed by atoms with Crippen molar-refractivity contribution in [3.63, 3.8) is 0 Å². The first-order valence-electron chi connectivity index (χ1n) is 41.7. The van der Waals surface area contributed by atoms with E-state index in [0.29, 0.717) is 174 Å². The van der Waals surface area contributed by atoms with Gasteiger partial charge in [-0.1, -0.05) is 166 Å². The third kappa shape index (κ3) is 13.1. The minimum absolute atomic E-state index is 0.270. The van der Waals surface area contributed by atoms with Gasteiger partial charge >= 0.3 is 0 Å². The number of ether oxygens (including phenoxy) is 6. The lowest BCUT2D eigenvalue weighted by atomic mass is 9.83. The maximum absolute atomic E-state index is 16.0. The van der Waals surface area contributed by atoms with Crippen LogP contribution in [0, 0.1) is 92.9 Å². The molecule has 0 saturated heterocycles. The van der Waals surface area contributed by atoms with Gasteiger partial charge < -0.3 is 28.4 Å². The highest BCUT2D eigenvalue weighted by Crippen LogP contribution is 2.57. The van der Waals surface area contributed by atoms with Crippen LogP contribution in [0.1, 0.15) is 130 Å². The summed E-state index contributed by atoms with van der Waals surface area (Å²) in [6, 6.07) is 86.8. The SMILES string of the molecule is Cc1ccc(Oc2ccc3c4c(Oc5ccc(C)cc5)cc5c6c(cc(Oc7ccc(C)cc7)c(c7cccc2c73)c64)C(=O)N(c2c(C)cc(C#Cc3cc(C#Cc4cc(C)c(N6C(=O)c7cc(Oc8ccc(C)cc8)c8c9cccc%10c(Oc%11ccc(C)cc%11)ccc(c%11c(Oc%12ccc(C)cc%12)cc(c7c8%11)C6=O)c%109)c(C)c4)cc(C=O)c3)cc2C)C5=O)cc1. The van der Waals surface area contributed by atoms with E-state index in [1.54, 1.807) is 36.4 Å². The predicted molar refractivity (Wildman–Crippen MR) is 501 cm³/mol. The van der Waals surface area contributed by atoms with Crippen molar-refractivity contribution in [2.45, 2.75) is 69.2 Å². The fraction of sp³-hybridized carbons (Fsp3) is 0.0885. The molecule has 604 valence electrons. The number of aryl methyl sites for hydroxylation is 10. The van der Waals surface area contributed by atoms with Crippen LogP contribution in [0.25, 0.3) is 86.2 Å². The van der Waals surface area contributed by atoms with Crippen molar-refractivity contribution >= 4 is 127 Å². The molecule has 21 rings (SSSR count). The lowest BCUT2D eigenvalue weighted by Crippen LogP contribution is -2.41. The maximum Gasteiger partial charge on any atom is 0.266 e. The molecule has 0 spiro atoms. The number of aldehydes is 1. The molecule has 13 nitrogen and oxygen atoms in total. The van der Waals surface area contributed by atoms with Gasteiger partial charge in [0.05, 0.1) is 33.6 Å². The molecule has 19 aromatic carbocycles. The molecule has 0 bridgehead atoms. The number of rotatable bonds is 15. The van der Waals surface area contributed by atoms with E-state index in [1.165, 1.54) is 9.80 Å². The van der Waals surface area contributed by atoms with Crippen molar-refractivity contribution in [3.8, 4) is 92.7 Å². The number of benzene rings is 19. The topological polar surface area (TPSA) is 147 Å². The molecule has 2 heterocycles. The molecule has 13 heteroatoms. The Kier molecular flexibility index (Phi) is 18.4. The predicted octanol–water partition coefficient (Wildman–Crippen LogP) is 27.8. The first-order valence-corrected chi connectivity index (χ1v) is 41.7. The Balaban J connectivity index is 0.624. The zero-order valence-electron chi connectivity index (χ0n) is 70.4. The molecule has 2 aliphatic heterocycles. The van der Waals surface area contributed by atoms with Gasteiger partial charge in [0.25, 0.3) is 23.6 Å². The van der Waals surface area contributed by atoms with E-state index in [9.17, 15) is 4.79 Å². The summed E-state index contributed by atoms with van der Waals surface area (Å²) in [6.07, 6.45) is 0.751. The van der Waals surface area contributed by atoms with Gasteiger partial charge in [0.2, 0.25) is 0 Å². The summed E-state index contributed by atoms with van der Waals surface area (Å²) < 4.78 is 41.5. The second-order valence-electron chi connectivity index (χ2n) is 33.1. The van der Waals surface area contributed by atoms with E-state index in [1.807, 2.05) is 294 Å². The molecule has 0 atom stereocenters. The van der Waals surface area contributed by atoms with Crippen molar-refractivity contribution in [2.75, 3.05) is 9.80 Å². The second-order valence-corrected chi connectivity index (χ2v) is 33.1. The monoisotopic (exact) mass is 1640 g/mol. The molecule has 4 amide bonds. The Morgan fingerprint density at radius 3 is 0.730 bits per heavy atom. The van der Waals surface area contributed by atoms with Crippen LogP contribution in [0.4, 0.5) is 11.4 Å². The second kappa shape index (κ2) is 30.1. The van der Waals surface area contributed by atoms with Crippen LogP contribution in [-0.2, 0) is 0 Å². The van der Waals surface area contributed by atoms with Gasteiger partial charge in [-0.05, 0) is 277 Å². The van der Waals surface area contributed by atoms with Crippen LogP contribution in [-0.4, -0.2) is 29.9 Å². The normalized spacial score (nSPS) is 12.5. The maximum atomic E-state index is 16.0. The number of carbonyl (C=O) groups excluding carboxylic acids is 5. The fourth-order valence-corrected chi connectivity index (χ4v) is 18.4. The van der Waals surface area contributed by atoms with Gasteiger partial charge in [-0.25, -0.2) is 9.80 Å². The number of hydrogen-bond acceptors (Lipinski definition) is 11. The van der Waals surface area contributed by atoms with Crippen molar-refractivity contribution < 1.29 is 52.4 Å². The lowest BCUT2D eigenvalue weighted by Gasteiger charge is -2.32. The van der Waals surface area contributed by atoms with Crippen molar-refractivity contribution in [2.24, 2.45) is 0 Å². The smallest absolute Gasteiger partial charge is 0.266 e. The molecule has 0 aromatic heterocycles.